The molecule has 2 unspecified atom stereocenters. The van der Waals surface area contributed by atoms with Crippen molar-refractivity contribution in [1.82, 2.24) is 0 Å². The van der Waals surface area contributed by atoms with Gasteiger partial charge in [0.1, 0.15) is 5.75 Å². The van der Waals surface area contributed by atoms with Crippen LogP contribution < -0.4 is 9.83 Å². The third kappa shape index (κ3) is 5.75. The molecule has 2 aromatic carbocycles. The Morgan fingerprint density at radius 3 is 2.39 bits per heavy atom. The molecule has 0 saturated heterocycles. The van der Waals surface area contributed by atoms with E-state index in [1.54, 1.807) is 24.3 Å². The molecule has 1 aliphatic heterocycles. The lowest BCUT2D eigenvalue weighted by atomic mass is 10.0. The Hall–Kier alpha value is -2.63. The Morgan fingerprint density at radius 2 is 1.65 bits per heavy atom. The first-order valence-electron chi connectivity index (χ1n) is 10.4. The highest BCUT2D eigenvalue weighted by molar-refractivity contribution is 7.67. The Balaban J connectivity index is 1.77. The maximum absolute atomic E-state index is 13.9. The van der Waals surface area contributed by atoms with Crippen LogP contribution in [0.15, 0.2) is 48.5 Å². The number of hydrogen-bond donors (Lipinski definition) is 2. The highest BCUT2D eigenvalue weighted by atomic mass is 31.2. The summed E-state index contributed by atoms with van der Waals surface area (Å²) in [6.45, 7) is 0.283. The molecule has 0 aliphatic carbocycles. The van der Waals surface area contributed by atoms with Gasteiger partial charge in [-0.1, -0.05) is 42.8 Å². The highest BCUT2D eigenvalue weighted by Gasteiger charge is 2.40. The summed E-state index contributed by atoms with van der Waals surface area (Å²) in [5, 5.41) is 18.6. The number of unbranched alkanes of at least 4 members (excludes halogenated alkanes) is 3. The van der Waals surface area contributed by atoms with E-state index in [9.17, 15) is 19.3 Å². The lowest BCUT2D eigenvalue weighted by molar-refractivity contribution is -0.152. The third-order valence-electron chi connectivity index (χ3n) is 5.21. The molecule has 0 bridgehead atoms. The zero-order chi connectivity index (χ0) is 22.3. The summed E-state index contributed by atoms with van der Waals surface area (Å²) in [7, 11) is -3.55. The number of aliphatic carboxylic acids is 1. The Bertz CT molecular complexity index is 972. The van der Waals surface area contributed by atoms with Crippen LogP contribution in [0.25, 0.3) is 11.1 Å². The van der Waals surface area contributed by atoms with Crippen LogP contribution in [0, 0.1) is 5.92 Å². The van der Waals surface area contributed by atoms with E-state index in [0.29, 0.717) is 23.9 Å². The summed E-state index contributed by atoms with van der Waals surface area (Å²) in [4.78, 5) is 24.0. The molecule has 3 rings (SSSR count). The summed E-state index contributed by atoms with van der Waals surface area (Å²) < 4.78 is 25.1. The van der Waals surface area contributed by atoms with Gasteiger partial charge in [0.15, 0.2) is 0 Å². The van der Waals surface area contributed by atoms with Gasteiger partial charge in [-0.25, -0.2) is 0 Å². The van der Waals surface area contributed by atoms with E-state index in [1.807, 2.05) is 24.3 Å². The number of para-hydroxylation sites is 1. The number of rotatable bonds is 11. The molecule has 0 aromatic heterocycles. The number of ether oxygens (including phenoxy) is 1. The minimum absolute atomic E-state index is 0.125. The number of aliphatic hydroxyl groups is 1. The van der Waals surface area contributed by atoms with Crippen LogP contribution in [0.2, 0.25) is 0 Å². The van der Waals surface area contributed by atoms with E-state index in [4.69, 9.17) is 14.4 Å². The largest absolute Gasteiger partial charge is 0.481 e. The molecular formula is C23H27O7P. The second-order valence-electron chi connectivity index (χ2n) is 7.56. The van der Waals surface area contributed by atoms with Gasteiger partial charge in [-0.15, -0.1) is 0 Å². The second kappa shape index (κ2) is 10.6. The van der Waals surface area contributed by atoms with Crippen molar-refractivity contribution in [2.45, 2.75) is 32.1 Å². The minimum atomic E-state index is -3.55. The summed E-state index contributed by atoms with van der Waals surface area (Å²) in [5.74, 6) is -2.48. The Kier molecular flexibility index (Phi) is 7.88. The van der Waals surface area contributed by atoms with Gasteiger partial charge in [-0.2, -0.15) is 0 Å². The maximum Gasteiger partial charge on any atom is 0.310 e. The van der Waals surface area contributed by atoms with Crippen molar-refractivity contribution < 1.29 is 33.6 Å². The average Bonchev–Trinajstić information content (AvgIpc) is 2.75. The van der Waals surface area contributed by atoms with Gasteiger partial charge in [-0.05, 0) is 37.0 Å². The van der Waals surface area contributed by atoms with Crippen LogP contribution in [0.3, 0.4) is 0 Å². The topological polar surface area (TPSA) is 110 Å². The van der Waals surface area contributed by atoms with Gasteiger partial charge in [-0.3, -0.25) is 14.2 Å². The zero-order valence-electron chi connectivity index (χ0n) is 17.2. The number of esters is 1. The highest BCUT2D eigenvalue weighted by Crippen LogP contribution is 2.55. The molecule has 7 nitrogen and oxygen atoms in total. The number of carboxylic acid groups (broad SMARTS) is 1. The van der Waals surface area contributed by atoms with Crippen molar-refractivity contribution in [3.05, 3.63) is 48.5 Å². The number of fused-ring (bicyclic) bond motifs is 3. The van der Waals surface area contributed by atoms with E-state index >= 15 is 0 Å². The van der Waals surface area contributed by atoms with Gasteiger partial charge < -0.3 is 19.5 Å². The quantitative estimate of drug-likeness (QED) is 0.307. The average molecular weight is 446 g/mol. The van der Waals surface area contributed by atoms with Crippen molar-refractivity contribution in [1.29, 1.82) is 0 Å². The lowest BCUT2D eigenvalue weighted by Crippen LogP contribution is -2.29. The van der Waals surface area contributed by atoms with Crippen LogP contribution >= 0.6 is 7.37 Å². The number of carboxylic acids is 1. The van der Waals surface area contributed by atoms with E-state index in [0.717, 1.165) is 24.0 Å². The lowest BCUT2D eigenvalue weighted by Gasteiger charge is -2.30. The Morgan fingerprint density at radius 1 is 0.968 bits per heavy atom. The van der Waals surface area contributed by atoms with Crippen molar-refractivity contribution in [2.24, 2.45) is 5.92 Å². The van der Waals surface area contributed by atoms with E-state index in [1.165, 1.54) is 0 Å². The molecule has 0 radical (unpaired) electrons. The standard InChI is InChI=1S/C23H27O7P/c24-13-7-1-2-8-14-29-23(27)17(15-22(25)26)16-31(28)21-12-6-4-10-19(21)18-9-3-5-11-20(18)30-31/h3-6,9-12,17,24H,1-2,7-8,13-16H2,(H,25,26). The van der Waals surface area contributed by atoms with Gasteiger partial charge in [0.25, 0.3) is 7.37 Å². The Labute approximate surface area is 181 Å². The molecular weight excluding hydrogens is 419 g/mol. The number of hydrogen-bond acceptors (Lipinski definition) is 6. The van der Waals surface area contributed by atoms with Crippen LogP contribution in [-0.2, 0) is 18.9 Å². The van der Waals surface area contributed by atoms with E-state index in [-0.39, 0.29) is 19.4 Å². The molecule has 166 valence electrons. The van der Waals surface area contributed by atoms with Crippen molar-refractivity contribution >= 4 is 24.6 Å². The molecule has 2 N–H and O–H groups in total. The molecule has 1 heterocycles. The van der Waals surface area contributed by atoms with Crippen LogP contribution in [0.5, 0.6) is 5.75 Å². The fourth-order valence-electron chi connectivity index (χ4n) is 3.69. The molecule has 8 heteroatoms. The predicted octanol–water partition coefficient (Wildman–Crippen LogP) is 3.84. The number of aliphatic hydroxyl groups excluding tert-OH is 1. The smallest absolute Gasteiger partial charge is 0.310 e. The fraction of sp³-hybridized carbons (Fsp3) is 0.391. The van der Waals surface area contributed by atoms with Gasteiger partial charge in [0.05, 0.1) is 30.4 Å². The van der Waals surface area contributed by atoms with Gasteiger partial charge >= 0.3 is 11.9 Å². The molecule has 1 aliphatic rings. The summed E-state index contributed by atoms with van der Waals surface area (Å²) in [5.41, 5.74) is 1.57. The monoisotopic (exact) mass is 446 g/mol. The fourth-order valence-corrected chi connectivity index (χ4v) is 6.27. The number of carbonyl (C=O) groups is 2. The SMILES string of the molecule is O=C(O)CC(CP1(=O)Oc2ccccc2-c2ccccc21)C(=O)OCCCCCCO. The van der Waals surface area contributed by atoms with Crippen molar-refractivity contribution in [3.63, 3.8) is 0 Å². The summed E-state index contributed by atoms with van der Waals surface area (Å²) >= 11 is 0. The third-order valence-corrected chi connectivity index (χ3v) is 7.74. The summed E-state index contributed by atoms with van der Waals surface area (Å²) in [6, 6.07) is 14.4. The van der Waals surface area contributed by atoms with Gasteiger partial charge in [0.2, 0.25) is 0 Å². The zero-order valence-corrected chi connectivity index (χ0v) is 18.1. The predicted molar refractivity (Wildman–Crippen MR) is 117 cm³/mol. The van der Waals surface area contributed by atoms with Gasteiger partial charge in [0, 0.05) is 12.2 Å². The number of carbonyl (C=O) groups excluding carboxylic acids is 1. The van der Waals surface area contributed by atoms with E-state index < -0.39 is 31.6 Å². The molecule has 31 heavy (non-hydrogen) atoms. The van der Waals surface area contributed by atoms with Crippen molar-refractivity contribution in [3.8, 4) is 16.9 Å². The molecule has 0 saturated carbocycles. The molecule has 0 spiro atoms. The summed E-state index contributed by atoms with van der Waals surface area (Å²) in [6.07, 6.45) is 2.20. The van der Waals surface area contributed by atoms with Crippen LogP contribution in [0.4, 0.5) is 0 Å². The van der Waals surface area contributed by atoms with Crippen molar-refractivity contribution in [2.75, 3.05) is 19.4 Å². The van der Waals surface area contributed by atoms with Crippen LogP contribution in [0.1, 0.15) is 32.1 Å². The maximum atomic E-state index is 13.9. The van der Waals surface area contributed by atoms with Crippen LogP contribution in [-0.4, -0.2) is 41.5 Å². The second-order valence-corrected chi connectivity index (χ2v) is 9.94. The molecule has 0 amide bonds. The first-order valence-corrected chi connectivity index (χ1v) is 12.2. The molecule has 0 fully saturated rings. The first-order chi connectivity index (χ1) is 14.9. The molecule has 2 aromatic rings. The van der Waals surface area contributed by atoms with E-state index in [2.05, 4.69) is 0 Å². The number of benzene rings is 2. The first kappa shape index (κ1) is 23.0. The normalized spacial score (nSPS) is 17.7. The minimum Gasteiger partial charge on any atom is -0.481 e. The molecule has 2 atom stereocenters.